The van der Waals surface area contributed by atoms with E-state index in [2.05, 4.69) is 5.10 Å². The van der Waals surface area contributed by atoms with Gasteiger partial charge in [-0.3, -0.25) is 4.68 Å². The summed E-state index contributed by atoms with van der Waals surface area (Å²) in [4.78, 5) is 0. The number of aromatic nitrogens is 2. The molecule has 0 spiro atoms. The van der Waals surface area contributed by atoms with Crippen molar-refractivity contribution in [1.82, 2.24) is 14.1 Å². The summed E-state index contributed by atoms with van der Waals surface area (Å²) >= 11 is 5.83. The highest BCUT2D eigenvalue weighted by Crippen LogP contribution is 2.21. The Kier molecular flexibility index (Phi) is 2.26. The molecule has 0 unspecified atom stereocenters. The van der Waals surface area contributed by atoms with Crippen LogP contribution >= 0.6 is 11.6 Å². The molecular formula is C6H9ClN4O2S. The zero-order valence-electron chi connectivity index (χ0n) is 7.22. The monoisotopic (exact) mass is 236 g/mol. The van der Waals surface area contributed by atoms with E-state index < -0.39 is 10.2 Å². The molecule has 0 aromatic carbocycles. The minimum Gasteiger partial charge on any atom is -0.265 e. The molecule has 2 heterocycles. The molecule has 0 bridgehead atoms. The first-order chi connectivity index (χ1) is 6.48. The fourth-order valence-corrected chi connectivity index (χ4v) is 2.25. The molecule has 0 saturated heterocycles. The molecule has 78 valence electrons. The fraction of sp³-hybridized carbons (Fsp3) is 0.500. The van der Waals surface area contributed by atoms with Gasteiger partial charge in [-0.15, -0.1) is 0 Å². The van der Waals surface area contributed by atoms with Gasteiger partial charge in [0.15, 0.2) is 0 Å². The van der Waals surface area contributed by atoms with E-state index in [-0.39, 0.29) is 6.54 Å². The summed E-state index contributed by atoms with van der Waals surface area (Å²) in [6.07, 6.45) is 1.50. The lowest BCUT2D eigenvalue weighted by molar-refractivity contribution is 0.327. The lowest BCUT2D eigenvalue weighted by Gasteiger charge is -2.25. The summed E-state index contributed by atoms with van der Waals surface area (Å²) in [6.45, 7) is 1.01. The third-order valence-corrected chi connectivity index (χ3v) is 3.49. The van der Waals surface area contributed by atoms with E-state index in [0.29, 0.717) is 23.8 Å². The van der Waals surface area contributed by atoms with Crippen molar-refractivity contribution in [2.45, 2.75) is 13.1 Å². The number of rotatable bonds is 1. The molecule has 6 nitrogen and oxygen atoms in total. The summed E-state index contributed by atoms with van der Waals surface area (Å²) in [5.74, 6) is 0. The van der Waals surface area contributed by atoms with E-state index in [1.807, 2.05) is 0 Å². The largest absolute Gasteiger partial charge is 0.277 e. The number of nitrogens with two attached hydrogens (primary N) is 1. The van der Waals surface area contributed by atoms with E-state index in [1.54, 1.807) is 4.68 Å². The summed E-state index contributed by atoms with van der Waals surface area (Å²) in [5.41, 5.74) is 0.687. The number of fused-ring (bicyclic) bond motifs is 1. The summed E-state index contributed by atoms with van der Waals surface area (Å²) in [5, 5.41) is 9.48. The molecule has 0 saturated carbocycles. The normalized spacial score (nSPS) is 18.1. The predicted molar refractivity (Wildman–Crippen MR) is 50.8 cm³/mol. The van der Waals surface area contributed by atoms with Crippen molar-refractivity contribution >= 4 is 21.8 Å². The van der Waals surface area contributed by atoms with Crippen molar-refractivity contribution in [3.63, 3.8) is 0 Å². The van der Waals surface area contributed by atoms with Crippen LogP contribution in [-0.4, -0.2) is 29.0 Å². The molecule has 8 heteroatoms. The first-order valence-electron chi connectivity index (χ1n) is 3.96. The highest BCUT2D eigenvalue weighted by molar-refractivity contribution is 7.86. The SMILES string of the molecule is NS(=O)(=O)N1CCn2ncc(Cl)c2C1. The highest BCUT2D eigenvalue weighted by Gasteiger charge is 2.25. The van der Waals surface area contributed by atoms with Gasteiger partial charge >= 0.3 is 0 Å². The van der Waals surface area contributed by atoms with Crippen LogP contribution in [0.2, 0.25) is 5.02 Å². The van der Waals surface area contributed by atoms with Crippen LogP contribution in [0.1, 0.15) is 5.69 Å². The Morgan fingerprint density at radius 2 is 2.21 bits per heavy atom. The van der Waals surface area contributed by atoms with Gasteiger partial charge in [0.2, 0.25) is 0 Å². The zero-order valence-corrected chi connectivity index (χ0v) is 8.79. The van der Waals surface area contributed by atoms with Crippen LogP contribution in [0.3, 0.4) is 0 Å². The minimum atomic E-state index is -3.63. The first kappa shape index (κ1) is 9.91. The molecule has 1 aromatic rings. The van der Waals surface area contributed by atoms with Crippen molar-refractivity contribution in [2.24, 2.45) is 5.14 Å². The number of hydrogen-bond donors (Lipinski definition) is 1. The smallest absolute Gasteiger partial charge is 0.265 e. The average Bonchev–Trinajstić information content (AvgIpc) is 2.46. The molecule has 14 heavy (non-hydrogen) atoms. The number of nitrogens with zero attached hydrogens (tertiary/aromatic N) is 3. The van der Waals surface area contributed by atoms with E-state index >= 15 is 0 Å². The standard InChI is InChI=1S/C6H9ClN4O2S/c7-5-3-9-11-2-1-10(4-6(5)11)14(8,12)13/h3H,1-2,4H2,(H2,8,12,13). The Hall–Kier alpha value is -0.630. The molecule has 0 aliphatic carbocycles. The van der Waals surface area contributed by atoms with Crippen molar-refractivity contribution in [3.8, 4) is 0 Å². The third kappa shape index (κ3) is 1.63. The first-order valence-corrected chi connectivity index (χ1v) is 5.84. The molecule has 0 fully saturated rings. The van der Waals surface area contributed by atoms with Crippen molar-refractivity contribution < 1.29 is 8.42 Å². The summed E-state index contributed by atoms with van der Waals surface area (Å²) in [6, 6.07) is 0. The lowest BCUT2D eigenvalue weighted by Crippen LogP contribution is -2.42. The van der Waals surface area contributed by atoms with Crippen LogP contribution in [-0.2, 0) is 23.3 Å². The van der Waals surface area contributed by atoms with Crippen molar-refractivity contribution in [3.05, 3.63) is 16.9 Å². The van der Waals surface area contributed by atoms with E-state index in [9.17, 15) is 8.42 Å². The quantitative estimate of drug-likeness (QED) is 0.718. The second-order valence-corrected chi connectivity index (χ2v) is 4.99. The van der Waals surface area contributed by atoms with Crippen LogP contribution in [0.15, 0.2) is 6.20 Å². The van der Waals surface area contributed by atoms with Gasteiger partial charge in [-0.25, -0.2) is 5.14 Å². The summed E-state index contributed by atoms with van der Waals surface area (Å²) in [7, 11) is -3.63. The van der Waals surface area contributed by atoms with Gasteiger partial charge in [-0.2, -0.15) is 17.8 Å². The molecule has 1 aliphatic rings. The molecule has 2 rings (SSSR count). The van der Waals surface area contributed by atoms with Crippen LogP contribution in [0, 0.1) is 0 Å². The van der Waals surface area contributed by atoms with E-state index in [4.69, 9.17) is 16.7 Å². The number of hydrogen-bond acceptors (Lipinski definition) is 3. The van der Waals surface area contributed by atoms with Crippen LogP contribution in [0.4, 0.5) is 0 Å². The van der Waals surface area contributed by atoms with Crippen LogP contribution in [0.5, 0.6) is 0 Å². The third-order valence-electron chi connectivity index (χ3n) is 2.14. The number of halogens is 1. The molecule has 0 radical (unpaired) electrons. The van der Waals surface area contributed by atoms with Gasteiger partial charge < -0.3 is 0 Å². The Bertz CT molecular complexity index is 454. The van der Waals surface area contributed by atoms with Gasteiger partial charge in [-0.1, -0.05) is 11.6 Å². The average molecular weight is 237 g/mol. The maximum absolute atomic E-state index is 11.1. The molecule has 2 N–H and O–H groups in total. The van der Waals surface area contributed by atoms with Crippen molar-refractivity contribution in [2.75, 3.05) is 6.54 Å². The molecule has 1 aliphatic heterocycles. The molecule has 1 aromatic heterocycles. The van der Waals surface area contributed by atoms with Gasteiger partial charge in [0.25, 0.3) is 10.2 Å². The Morgan fingerprint density at radius 1 is 1.50 bits per heavy atom. The summed E-state index contributed by atoms with van der Waals surface area (Å²) < 4.78 is 25.0. The molecular weight excluding hydrogens is 228 g/mol. The van der Waals surface area contributed by atoms with Gasteiger partial charge in [-0.05, 0) is 0 Å². The molecule has 0 atom stereocenters. The second-order valence-electron chi connectivity index (χ2n) is 3.04. The molecule has 0 amide bonds. The van der Waals surface area contributed by atoms with Crippen LogP contribution in [0.25, 0.3) is 0 Å². The lowest BCUT2D eigenvalue weighted by atomic mass is 10.3. The zero-order chi connectivity index (χ0) is 10.3. The van der Waals surface area contributed by atoms with Crippen molar-refractivity contribution in [1.29, 1.82) is 0 Å². The highest BCUT2D eigenvalue weighted by atomic mass is 35.5. The fourth-order valence-electron chi connectivity index (χ4n) is 1.41. The minimum absolute atomic E-state index is 0.192. The van der Waals surface area contributed by atoms with E-state index in [1.165, 1.54) is 10.5 Å². The van der Waals surface area contributed by atoms with Gasteiger partial charge in [0.1, 0.15) is 0 Å². The van der Waals surface area contributed by atoms with Gasteiger partial charge in [0.05, 0.1) is 30.0 Å². The Labute approximate surface area is 86.4 Å². The maximum Gasteiger partial charge on any atom is 0.277 e. The predicted octanol–water partition coefficient (Wildman–Crippen LogP) is -0.444. The maximum atomic E-state index is 11.1. The van der Waals surface area contributed by atoms with E-state index in [0.717, 1.165) is 0 Å². The Morgan fingerprint density at radius 3 is 2.86 bits per heavy atom. The topological polar surface area (TPSA) is 81.2 Å². The van der Waals surface area contributed by atoms with Crippen LogP contribution < -0.4 is 5.14 Å². The van der Waals surface area contributed by atoms with Gasteiger partial charge in [0, 0.05) is 6.54 Å². The second kappa shape index (κ2) is 3.20. The Balaban J connectivity index is 2.33.